The second kappa shape index (κ2) is 8.97. The molecule has 1 amide bonds. The van der Waals surface area contributed by atoms with E-state index in [0.29, 0.717) is 37.4 Å². The Balaban J connectivity index is 1.68. The van der Waals surface area contributed by atoms with Gasteiger partial charge in [-0.1, -0.05) is 17.7 Å². The standard InChI is InChI=1S/C22H28N2O4S/c1-16(2)28-14-4-12-23-22(25)19-7-10-21-18(15-19)11-13-24(21)29(26,27)20-8-5-17(3)6-9-20/h5-10,15-16H,4,11-14H2,1-3H3,(H,23,25). The van der Waals surface area contributed by atoms with E-state index < -0.39 is 10.0 Å². The van der Waals surface area contributed by atoms with Crippen molar-refractivity contribution in [2.45, 2.75) is 44.6 Å². The van der Waals surface area contributed by atoms with Gasteiger partial charge in [-0.2, -0.15) is 0 Å². The maximum Gasteiger partial charge on any atom is 0.264 e. The normalized spacial score (nSPS) is 13.6. The molecule has 1 N–H and O–H groups in total. The first-order valence-corrected chi connectivity index (χ1v) is 11.3. The molecule has 0 unspecified atom stereocenters. The minimum atomic E-state index is -3.61. The average molecular weight is 417 g/mol. The smallest absolute Gasteiger partial charge is 0.264 e. The molecule has 7 heteroatoms. The number of carbonyl (C=O) groups excluding carboxylic acids is 1. The number of benzene rings is 2. The summed E-state index contributed by atoms with van der Waals surface area (Å²) in [6.07, 6.45) is 1.52. The van der Waals surface area contributed by atoms with Crippen molar-refractivity contribution in [2.24, 2.45) is 0 Å². The van der Waals surface area contributed by atoms with Gasteiger partial charge in [0.2, 0.25) is 0 Å². The van der Waals surface area contributed by atoms with Gasteiger partial charge in [0, 0.05) is 25.3 Å². The van der Waals surface area contributed by atoms with Crippen molar-refractivity contribution in [3.8, 4) is 0 Å². The maximum atomic E-state index is 13.0. The highest BCUT2D eigenvalue weighted by molar-refractivity contribution is 7.92. The molecule has 156 valence electrons. The molecule has 0 radical (unpaired) electrons. The summed E-state index contributed by atoms with van der Waals surface area (Å²) < 4.78 is 32.9. The third-order valence-corrected chi connectivity index (χ3v) is 6.69. The number of nitrogens with zero attached hydrogens (tertiary/aromatic N) is 1. The Kier molecular flexibility index (Phi) is 6.59. The third kappa shape index (κ3) is 4.97. The number of sulfonamides is 1. The van der Waals surface area contributed by atoms with Crippen molar-refractivity contribution >= 4 is 21.6 Å². The van der Waals surface area contributed by atoms with Crippen LogP contribution in [0.2, 0.25) is 0 Å². The number of amides is 1. The van der Waals surface area contributed by atoms with E-state index in [1.54, 1.807) is 42.5 Å². The molecule has 0 aliphatic carbocycles. The van der Waals surface area contributed by atoms with Crippen molar-refractivity contribution in [3.63, 3.8) is 0 Å². The number of fused-ring (bicyclic) bond motifs is 1. The zero-order valence-electron chi connectivity index (χ0n) is 17.1. The molecule has 2 aromatic carbocycles. The highest BCUT2D eigenvalue weighted by atomic mass is 32.2. The van der Waals surface area contributed by atoms with Gasteiger partial charge in [0.15, 0.2) is 0 Å². The van der Waals surface area contributed by atoms with Crippen LogP contribution in [0, 0.1) is 6.92 Å². The number of nitrogens with one attached hydrogen (secondary N) is 1. The molecule has 3 rings (SSSR count). The van der Waals surface area contributed by atoms with Crippen LogP contribution in [0.25, 0.3) is 0 Å². The summed E-state index contributed by atoms with van der Waals surface area (Å²) >= 11 is 0. The number of rotatable bonds is 8. The summed E-state index contributed by atoms with van der Waals surface area (Å²) in [5, 5.41) is 2.89. The molecule has 0 saturated heterocycles. The summed E-state index contributed by atoms with van der Waals surface area (Å²) in [7, 11) is -3.61. The number of aryl methyl sites for hydroxylation is 1. The van der Waals surface area contributed by atoms with Crippen molar-refractivity contribution < 1.29 is 17.9 Å². The summed E-state index contributed by atoms with van der Waals surface area (Å²) in [5.74, 6) is -0.155. The van der Waals surface area contributed by atoms with Crippen LogP contribution in [-0.2, 0) is 21.2 Å². The number of hydrogen-bond acceptors (Lipinski definition) is 4. The fourth-order valence-electron chi connectivity index (χ4n) is 3.30. The second-order valence-corrected chi connectivity index (χ2v) is 9.38. The molecule has 0 atom stereocenters. The van der Waals surface area contributed by atoms with Crippen LogP contribution < -0.4 is 9.62 Å². The fourth-order valence-corrected chi connectivity index (χ4v) is 4.80. The quantitative estimate of drug-likeness (QED) is 0.670. The summed E-state index contributed by atoms with van der Waals surface area (Å²) in [6, 6.07) is 12.1. The van der Waals surface area contributed by atoms with Gasteiger partial charge in [-0.05, 0) is 69.5 Å². The van der Waals surface area contributed by atoms with Crippen LogP contribution in [0.1, 0.15) is 41.8 Å². The van der Waals surface area contributed by atoms with Gasteiger partial charge in [-0.3, -0.25) is 9.10 Å². The Bertz CT molecular complexity index is 969. The van der Waals surface area contributed by atoms with Crippen LogP contribution in [-0.4, -0.2) is 40.1 Å². The van der Waals surface area contributed by atoms with E-state index in [2.05, 4.69) is 5.32 Å². The lowest BCUT2D eigenvalue weighted by Gasteiger charge is -2.20. The SMILES string of the molecule is Cc1ccc(S(=O)(=O)N2CCc3cc(C(=O)NCCCOC(C)C)ccc32)cc1. The number of anilines is 1. The van der Waals surface area contributed by atoms with E-state index in [-0.39, 0.29) is 16.9 Å². The van der Waals surface area contributed by atoms with Crippen molar-refractivity contribution in [2.75, 3.05) is 24.0 Å². The van der Waals surface area contributed by atoms with E-state index in [4.69, 9.17) is 4.74 Å². The van der Waals surface area contributed by atoms with Crippen LogP contribution in [0.5, 0.6) is 0 Å². The lowest BCUT2D eigenvalue weighted by Crippen LogP contribution is -2.29. The Morgan fingerprint density at radius 3 is 2.59 bits per heavy atom. The molecular weight excluding hydrogens is 388 g/mol. The van der Waals surface area contributed by atoms with Crippen molar-refractivity contribution in [3.05, 3.63) is 59.2 Å². The van der Waals surface area contributed by atoms with Gasteiger partial charge in [0.25, 0.3) is 15.9 Å². The van der Waals surface area contributed by atoms with Gasteiger partial charge in [0.1, 0.15) is 0 Å². The number of carbonyl (C=O) groups is 1. The molecule has 1 aliphatic heterocycles. The van der Waals surface area contributed by atoms with Crippen LogP contribution in [0.15, 0.2) is 47.4 Å². The first-order chi connectivity index (χ1) is 13.8. The van der Waals surface area contributed by atoms with E-state index in [9.17, 15) is 13.2 Å². The second-order valence-electron chi connectivity index (χ2n) is 7.51. The largest absolute Gasteiger partial charge is 0.379 e. The molecule has 0 bridgehead atoms. The average Bonchev–Trinajstić information content (AvgIpc) is 3.11. The first-order valence-electron chi connectivity index (χ1n) is 9.91. The monoisotopic (exact) mass is 416 g/mol. The first kappa shape index (κ1) is 21.3. The Hall–Kier alpha value is -2.38. The van der Waals surface area contributed by atoms with Crippen LogP contribution >= 0.6 is 0 Å². The Labute approximate surface area is 172 Å². The fraction of sp³-hybridized carbons (Fsp3) is 0.409. The van der Waals surface area contributed by atoms with Crippen molar-refractivity contribution in [1.29, 1.82) is 0 Å². The van der Waals surface area contributed by atoms with Gasteiger partial charge in [-0.15, -0.1) is 0 Å². The lowest BCUT2D eigenvalue weighted by atomic mass is 10.1. The number of hydrogen-bond donors (Lipinski definition) is 1. The Morgan fingerprint density at radius 2 is 1.90 bits per heavy atom. The van der Waals surface area contributed by atoms with Gasteiger partial charge < -0.3 is 10.1 Å². The molecule has 0 aromatic heterocycles. The maximum absolute atomic E-state index is 13.0. The molecule has 6 nitrogen and oxygen atoms in total. The molecule has 0 fully saturated rings. The highest BCUT2D eigenvalue weighted by Crippen LogP contribution is 2.33. The zero-order chi connectivity index (χ0) is 21.0. The Morgan fingerprint density at radius 1 is 1.17 bits per heavy atom. The van der Waals surface area contributed by atoms with E-state index in [0.717, 1.165) is 17.5 Å². The highest BCUT2D eigenvalue weighted by Gasteiger charge is 2.31. The minimum absolute atomic E-state index is 0.155. The van der Waals surface area contributed by atoms with Crippen LogP contribution in [0.3, 0.4) is 0 Å². The molecule has 0 saturated carbocycles. The van der Waals surface area contributed by atoms with E-state index >= 15 is 0 Å². The molecule has 0 spiro atoms. The summed E-state index contributed by atoms with van der Waals surface area (Å²) in [5.41, 5.74) is 3.07. The molecule has 1 aliphatic rings. The molecule has 29 heavy (non-hydrogen) atoms. The van der Waals surface area contributed by atoms with Crippen LogP contribution in [0.4, 0.5) is 5.69 Å². The van der Waals surface area contributed by atoms with E-state index in [1.807, 2.05) is 20.8 Å². The summed E-state index contributed by atoms with van der Waals surface area (Å²) in [4.78, 5) is 12.7. The molecule has 2 aromatic rings. The van der Waals surface area contributed by atoms with Gasteiger partial charge in [-0.25, -0.2) is 8.42 Å². The minimum Gasteiger partial charge on any atom is -0.379 e. The van der Waals surface area contributed by atoms with Gasteiger partial charge in [0.05, 0.1) is 16.7 Å². The predicted octanol–water partition coefficient (Wildman–Crippen LogP) is 3.29. The third-order valence-electron chi connectivity index (χ3n) is 4.86. The lowest BCUT2D eigenvalue weighted by molar-refractivity contribution is 0.0757. The molecular formula is C22H28N2O4S. The summed E-state index contributed by atoms with van der Waals surface area (Å²) in [6.45, 7) is 7.40. The number of ether oxygens (including phenoxy) is 1. The zero-order valence-corrected chi connectivity index (χ0v) is 18.0. The molecule has 1 heterocycles. The predicted molar refractivity (Wildman–Crippen MR) is 114 cm³/mol. The van der Waals surface area contributed by atoms with E-state index in [1.165, 1.54) is 4.31 Å². The van der Waals surface area contributed by atoms with Gasteiger partial charge >= 0.3 is 0 Å². The van der Waals surface area contributed by atoms with Crippen molar-refractivity contribution in [1.82, 2.24) is 5.32 Å². The topological polar surface area (TPSA) is 75.7 Å².